The highest BCUT2D eigenvalue weighted by atomic mass is 16.4. The zero-order valence-electron chi connectivity index (χ0n) is 11.1. The lowest BCUT2D eigenvalue weighted by Crippen LogP contribution is -2.60. The minimum atomic E-state index is -0.644. The van der Waals surface area contributed by atoms with Gasteiger partial charge < -0.3 is 5.11 Å². The van der Waals surface area contributed by atoms with E-state index in [4.69, 9.17) is 5.11 Å². The Morgan fingerprint density at radius 3 is 2.06 bits per heavy atom. The van der Waals surface area contributed by atoms with Gasteiger partial charge in [0.2, 0.25) is 0 Å². The molecule has 1 unspecified atom stereocenters. The third-order valence-electron chi connectivity index (χ3n) is 4.23. The summed E-state index contributed by atoms with van der Waals surface area (Å²) in [6.07, 6.45) is 3.05. The van der Waals surface area contributed by atoms with Gasteiger partial charge in [0, 0.05) is 31.2 Å². The highest BCUT2D eigenvalue weighted by Gasteiger charge is 2.40. The van der Waals surface area contributed by atoms with Crippen LogP contribution in [-0.2, 0) is 4.79 Å². The molecule has 0 spiro atoms. The van der Waals surface area contributed by atoms with E-state index in [0.29, 0.717) is 6.04 Å². The first-order valence-electron chi connectivity index (χ1n) is 6.63. The summed E-state index contributed by atoms with van der Waals surface area (Å²) in [6, 6.07) is 0.282. The molecule has 98 valence electrons. The summed E-state index contributed by atoms with van der Waals surface area (Å²) in [5.74, 6) is -0.644. The van der Waals surface area contributed by atoms with E-state index in [9.17, 15) is 4.79 Å². The van der Waals surface area contributed by atoms with Crippen LogP contribution in [0.25, 0.3) is 0 Å². The molecular weight excluding hydrogens is 216 g/mol. The van der Waals surface area contributed by atoms with Crippen molar-refractivity contribution in [1.29, 1.82) is 0 Å². The van der Waals surface area contributed by atoms with Crippen LogP contribution in [0.2, 0.25) is 0 Å². The molecule has 4 nitrogen and oxygen atoms in total. The van der Waals surface area contributed by atoms with Gasteiger partial charge in [0.05, 0.1) is 0 Å². The number of carbonyl (C=O) groups is 1. The predicted octanol–water partition coefficient (Wildman–Crippen LogP) is 1.41. The molecular formula is C13H24N2O2. The average molecular weight is 240 g/mol. The summed E-state index contributed by atoms with van der Waals surface area (Å²) in [5.41, 5.74) is 0.242. The molecule has 2 aliphatic rings. The third-order valence-corrected chi connectivity index (χ3v) is 4.23. The van der Waals surface area contributed by atoms with Crippen molar-refractivity contribution in [2.75, 3.05) is 19.6 Å². The van der Waals surface area contributed by atoms with Gasteiger partial charge in [-0.2, -0.15) is 0 Å². The topological polar surface area (TPSA) is 43.8 Å². The van der Waals surface area contributed by atoms with E-state index in [1.807, 2.05) is 0 Å². The van der Waals surface area contributed by atoms with Crippen molar-refractivity contribution in [3.63, 3.8) is 0 Å². The van der Waals surface area contributed by atoms with Crippen LogP contribution in [0.3, 0.4) is 0 Å². The summed E-state index contributed by atoms with van der Waals surface area (Å²) < 4.78 is 0. The Hall–Kier alpha value is -0.610. The number of hydrogen-bond acceptors (Lipinski definition) is 3. The molecule has 2 saturated heterocycles. The number of aliphatic carboxylic acids is 1. The number of hydrogen-bond donors (Lipinski definition) is 1. The zero-order valence-corrected chi connectivity index (χ0v) is 11.1. The van der Waals surface area contributed by atoms with Crippen LogP contribution < -0.4 is 0 Å². The van der Waals surface area contributed by atoms with Gasteiger partial charge in [0.15, 0.2) is 0 Å². The fourth-order valence-electron chi connectivity index (χ4n) is 2.98. The average Bonchev–Trinajstić information content (AvgIpc) is 2.14. The molecule has 2 heterocycles. The van der Waals surface area contributed by atoms with Gasteiger partial charge in [-0.25, -0.2) is 0 Å². The number of nitrogens with zero attached hydrogens (tertiary/aromatic N) is 2. The third kappa shape index (κ3) is 2.63. The largest absolute Gasteiger partial charge is 0.480 e. The minimum absolute atomic E-state index is 0.207. The number of rotatable bonds is 2. The molecule has 2 fully saturated rings. The highest BCUT2D eigenvalue weighted by molar-refractivity contribution is 5.74. The Bertz CT molecular complexity index is 290. The fraction of sp³-hybridized carbons (Fsp3) is 0.923. The van der Waals surface area contributed by atoms with Crippen molar-refractivity contribution in [3.05, 3.63) is 0 Å². The Morgan fingerprint density at radius 1 is 1.12 bits per heavy atom. The maximum Gasteiger partial charge on any atom is 0.320 e. The first-order chi connectivity index (χ1) is 7.89. The van der Waals surface area contributed by atoms with Crippen LogP contribution in [0.15, 0.2) is 0 Å². The number of carboxylic acids is 1. The molecule has 0 aromatic heterocycles. The second-order valence-electron chi connectivity index (χ2n) is 6.27. The lowest BCUT2D eigenvalue weighted by molar-refractivity contribution is -0.151. The van der Waals surface area contributed by atoms with Crippen LogP contribution in [0.5, 0.6) is 0 Å². The van der Waals surface area contributed by atoms with E-state index < -0.39 is 5.97 Å². The van der Waals surface area contributed by atoms with Crippen molar-refractivity contribution < 1.29 is 9.90 Å². The highest BCUT2D eigenvalue weighted by Crippen LogP contribution is 2.29. The molecule has 1 atom stereocenters. The molecule has 1 N–H and O–H groups in total. The van der Waals surface area contributed by atoms with Crippen molar-refractivity contribution >= 4 is 5.97 Å². The van der Waals surface area contributed by atoms with Crippen molar-refractivity contribution in [3.8, 4) is 0 Å². The standard InChI is InChI=1S/C13H24N2O2/c1-13(2,3)14-7-4-10(5-8-14)15-9-6-11(15)12(16)17/h10-11H,4-9H2,1-3H3,(H,16,17). The van der Waals surface area contributed by atoms with Gasteiger partial charge in [-0.1, -0.05) is 0 Å². The normalized spacial score (nSPS) is 29.0. The molecule has 0 aromatic carbocycles. The first-order valence-corrected chi connectivity index (χ1v) is 6.63. The predicted molar refractivity (Wildman–Crippen MR) is 67.1 cm³/mol. The van der Waals surface area contributed by atoms with Gasteiger partial charge in [-0.3, -0.25) is 14.6 Å². The smallest absolute Gasteiger partial charge is 0.320 e. The SMILES string of the molecule is CC(C)(C)N1CCC(N2CCC2C(=O)O)CC1. The maximum absolute atomic E-state index is 11.0. The van der Waals surface area contributed by atoms with E-state index >= 15 is 0 Å². The molecule has 0 aliphatic carbocycles. The summed E-state index contributed by atoms with van der Waals surface area (Å²) >= 11 is 0. The molecule has 4 heteroatoms. The second kappa shape index (κ2) is 4.58. The maximum atomic E-state index is 11.0. The second-order valence-corrected chi connectivity index (χ2v) is 6.27. The molecule has 0 aromatic rings. The Kier molecular flexibility index (Phi) is 3.46. The van der Waals surface area contributed by atoms with Crippen LogP contribution in [0.1, 0.15) is 40.0 Å². The van der Waals surface area contributed by atoms with E-state index in [0.717, 1.165) is 38.9 Å². The molecule has 0 amide bonds. The Balaban J connectivity index is 1.85. The van der Waals surface area contributed by atoms with Crippen LogP contribution >= 0.6 is 0 Å². The lowest BCUT2D eigenvalue weighted by Gasteiger charge is -2.49. The first kappa shape index (κ1) is 12.8. The van der Waals surface area contributed by atoms with Crippen molar-refractivity contribution in [2.24, 2.45) is 0 Å². The van der Waals surface area contributed by atoms with Crippen LogP contribution in [0, 0.1) is 0 Å². The van der Waals surface area contributed by atoms with Gasteiger partial charge in [-0.05, 0) is 40.0 Å². The quantitative estimate of drug-likeness (QED) is 0.792. The van der Waals surface area contributed by atoms with Gasteiger partial charge >= 0.3 is 5.97 Å². The van der Waals surface area contributed by atoms with Crippen LogP contribution in [-0.4, -0.2) is 58.1 Å². The number of piperidine rings is 1. The Labute approximate surface area is 104 Å². The van der Waals surface area contributed by atoms with E-state index in [1.165, 1.54) is 0 Å². The minimum Gasteiger partial charge on any atom is -0.480 e. The molecule has 17 heavy (non-hydrogen) atoms. The molecule has 0 bridgehead atoms. The van der Waals surface area contributed by atoms with E-state index in [-0.39, 0.29) is 11.6 Å². The number of likely N-dealkylation sites (tertiary alicyclic amines) is 2. The summed E-state index contributed by atoms with van der Waals surface area (Å²) in [6.45, 7) is 9.90. The van der Waals surface area contributed by atoms with Gasteiger partial charge in [-0.15, -0.1) is 0 Å². The van der Waals surface area contributed by atoms with E-state index in [1.54, 1.807) is 0 Å². The molecule has 0 radical (unpaired) electrons. The summed E-state index contributed by atoms with van der Waals surface area (Å²) in [4.78, 5) is 15.7. The number of carboxylic acid groups (broad SMARTS) is 1. The summed E-state index contributed by atoms with van der Waals surface area (Å²) in [5, 5.41) is 9.06. The van der Waals surface area contributed by atoms with Crippen LogP contribution in [0.4, 0.5) is 0 Å². The Morgan fingerprint density at radius 2 is 1.71 bits per heavy atom. The van der Waals surface area contributed by atoms with E-state index in [2.05, 4.69) is 30.6 Å². The van der Waals surface area contributed by atoms with Gasteiger partial charge in [0.1, 0.15) is 6.04 Å². The molecule has 2 aliphatic heterocycles. The molecule has 0 saturated carbocycles. The van der Waals surface area contributed by atoms with Gasteiger partial charge in [0.25, 0.3) is 0 Å². The summed E-state index contributed by atoms with van der Waals surface area (Å²) in [7, 11) is 0. The fourth-order valence-corrected chi connectivity index (χ4v) is 2.98. The zero-order chi connectivity index (χ0) is 12.6. The van der Waals surface area contributed by atoms with Crippen molar-refractivity contribution in [1.82, 2.24) is 9.80 Å². The monoisotopic (exact) mass is 240 g/mol. The van der Waals surface area contributed by atoms with Crippen molar-refractivity contribution in [2.45, 2.75) is 57.7 Å². The lowest BCUT2D eigenvalue weighted by atomic mass is 9.92. The molecule has 2 rings (SSSR count).